The fraction of sp³-hybridized carbons (Fsp3) is 0.517. The number of aryl methyl sites for hydroxylation is 1. The van der Waals surface area contributed by atoms with Crippen molar-refractivity contribution in [1.82, 2.24) is 9.80 Å². The largest absolute Gasteiger partial charge is 0.453 e. The van der Waals surface area contributed by atoms with Crippen molar-refractivity contribution in [3.05, 3.63) is 69.8 Å². The van der Waals surface area contributed by atoms with Crippen LogP contribution in [0.1, 0.15) is 65.4 Å². The van der Waals surface area contributed by atoms with E-state index in [0.29, 0.717) is 37.1 Å². The molecule has 0 aromatic heterocycles. The van der Waals surface area contributed by atoms with E-state index in [1.807, 2.05) is 0 Å². The van der Waals surface area contributed by atoms with Crippen LogP contribution in [0, 0.1) is 12.8 Å². The number of carbonyl (C=O) groups excluding carboxylic acids is 2. The van der Waals surface area contributed by atoms with E-state index >= 15 is 0 Å². The summed E-state index contributed by atoms with van der Waals surface area (Å²) >= 11 is 0. The molecule has 2 aromatic rings. The highest BCUT2D eigenvalue weighted by Crippen LogP contribution is 2.41. The molecule has 2 saturated heterocycles. The third-order valence-corrected chi connectivity index (χ3v) is 7.92. The van der Waals surface area contributed by atoms with Crippen molar-refractivity contribution in [2.75, 3.05) is 27.3 Å². The number of hydrogen-bond donors (Lipinski definition) is 0. The van der Waals surface area contributed by atoms with Gasteiger partial charge in [0.15, 0.2) is 0 Å². The normalized spacial score (nSPS) is 21.0. The molecule has 3 atom stereocenters. The number of methoxy groups -OCH3 is 2. The molecule has 2 fully saturated rings. The standard InChI is InChI=1S/C29H32F6N2O5/c1-16-11-19(13-22(12-16)29(33,34)35)24-17(2)37(27(39)42-24)15-20-14-21(28(30,31)32)5-6-23(20)25(40-3)18-7-9-36(10-8-18)26(38)41-4/h5-6,11-14,17-18,24-25H,7-10,15H2,1-4H3/t17-,24-,25?/m0/s1. The van der Waals surface area contributed by atoms with E-state index in [4.69, 9.17) is 14.2 Å². The molecule has 0 radical (unpaired) electrons. The molecular weight excluding hydrogens is 570 g/mol. The fourth-order valence-corrected chi connectivity index (χ4v) is 5.77. The molecule has 2 aromatic carbocycles. The molecule has 2 aliphatic heterocycles. The van der Waals surface area contributed by atoms with Gasteiger partial charge in [-0.05, 0) is 73.6 Å². The Balaban J connectivity index is 1.64. The van der Waals surface area contributed by atoms with E-state index in [-0.39, 0.29) is 23.6 Å². The van der Waals surface area contributed by atoms with Crippen LogP contribution in [0.2, 0.25) is 0 Å². The Labute approximate surface area is 239 Å². The van der Waals surface area contributed by atoms with Crippen LogP contribution in [-0.2, 0) is 33.1 Å². The van der Waals surface area contributed by atoms with Crippen molar-refractivity contribution in [3.63, 3.8) is 0 Å². The smallest absolute Gasteiger partial charge is 0.416 e. The summed E-state index contributed by atoms with van der Waals surface area (Å²) in [4.78, 5) is 27.6. The van der Waals surface area contributed by atoms with Gasteiger partial charge < -0.3 is 19.1 Å². The summed E-state index contributed by atoms with van der Waals surface area (Å²) in [5.41, 5.74) is -0.718. The number of nitrogens with zero attached hydrogens (tertiary/aromatic N) is 2. The molecule has 0 aliphatic carbocycles. The lowest BCUT2D eigenvalue weighted by Crippen LogP contribution is -2.40. The van der Waals surface area contributed by atoms with Crippen LogP contribution >= 0.6 is 0 Å². The van der Waals surface area contributed by atoms with Gasteiger partial charge in [-0.25, -0.2) is 9.59 Å². The van der Waals surface area contributed by atoms with Crippen molar-refractivity contribution >= 4 is 12.2 Å². The number of amides is 2. The Hall–Kier alpha value is -3.48. The topological polar surface area (TPSA) is 68.3 Å². The average molecular weight is 603 g/mol. The minimum absolute atomic E-state index is 0.141. The molecule has 0 bridgehead atoms. The van der Waals surface area contributed by atoms with Gasteiger partial charge in [-0.1, -0.05) is 17.7 Å². The lowest BCUT2D eigenvalue weighted by atomic mass is 9.84. The zero-order valence-electron chi connectivity index (χ0n) is 23.5. The number of likely N-dealkylation sites (tertiary alicyclic amines) is 1. The summed E-state index contributed by atoms with van der Waals surface area (Å²) in [5.74, 6) is -0.143. The fourth-order valence-electron chi connectivity index (χ4n) is 5.77. The molecule has 0 N–H and O–H groups in total. The Morgan fingerprint density at radius 3 is 2.21 bits per heavy atom. The van der Waals surface area contributed by atoms with Crippen molar-refractivity contribution in [1.29, 1.82) is 0 Å². The van der Waals surface area contributed by atoms with E-state index in [2.05, 4.69) is 0 Å². The van der Waals surface area contributed by atoms with Crippen LogP contribution in [-0.4, -0.2) is 55.3 Å². The first-order valence-corrected chi connectivity index (χ1v) is 13.4. The zero-order chi connectivity index (χ0) is 31.0. The minimum Gasteiger partial charge on any atom is -0.453 e. The molecule has 13 heteroatoms. The molecule has 2 heterocycles. The van der Waals surface area contributed by atoms with E-state index < -0.39 is 53.9 Å². The Bertz CT molecular complexity index is 1310. The summed E-state index contributed by atoms with van der Waals surface area (Å²) in [6.45, 7) is 3.54. The third kappa shape index (κ3) is 6.61. The van der Waals surface area contributed by atoms with Crippen LogP contribution in [0.3, 0.4) is 0 Å². The molecule has 4 rings (SSSR count). The highest BCUT2D eigenvalue weighted by molar-refractivity contribution is 5.71. The van der Waals surface area contributed by atoms with Crippen LogP contribution in [0.5, 0.6) is 0 Å². The van der Waals surface area contributed by atoms with Gasteiger partial charge in [0.2, 0.25) is 0 Å². The number of rotatable bonds is 6. The van der Waals surface area contributed by atoms with E-state index in [1.54, 1.807) is 6.92 Å². The maximum atomic E-state index is 13.7. The van der Waals surface area contributed by atoms with Gasteiger partial charge in [-0.2, -0.15) is 26.3 Å². The predicted molar refractivity (Wildman–Crippen MR) is 138 cm³/mol. The highest BCUT2D eigenvalue weighted by atomic mass is 19.4. The molecule has 2 amide bonds. The van der Waals surface area contributed by atoms with Gasteiger partial charge >= 0.3 is 24.5 Å². The van der Waals surface area contributed by atoms with Gasteiger partial charge in [0.25, 0.3) is 0 Å². The van der Waals surface area contributed by atoms with E-state index in [9.17, 15) is 35.9 Å². The minimum atomic E-state index is -4.66. The van der Waals surface area contributed by atoms with Crippen LogP contribution in [0.15, 0.2) is 36.4 Å². The van der Waals surface area contributed by atoms with E-state index in [1.165, 1.54) is 43.1 Å². The summed E-state index contributed by atoms with van der Waals surface area (Å²) in [7, 11) is 2.72. The second kappa shape index (κ2) is 12.0. The predicted octanol–water partition coefficient (Wildman–Crippen LogP) is 7.28. The SMILES string of the molecule is COC(=O)N1CCC(C(OC)c2ccc(C(F)(F)F)cc2CN2C(=O)O[C@H](c3cc(C)cc(C(F)(F)F)c3)[C@@H]2C)CC1. The third-order valence-electron chi connectivity index (χ3n) is 7.92. The first-order valence-electron chi connectivity index (χ1n) is 13.4. The molecular formula is C29H32F6N2O5. The summed E-state index contributed by atoms with van der Waals surface area (Å²) in [5, 5.41) is 0. The van der Waals surface area contributed by atoms with Crippen LogP contribution < -0.4 is 0 Å². The quantitative estimate of drug-likeness (QED) is 0.325. The number of cyclic esters (lactones) is 1. The molecule has 0 saturated carbocycles. The molecule has 42 heavy (non-hydrogen) atoms. The second-order valence-electron chi connectivity index (χ2n) is 10.7. The first kappa shape index (κ1) is 31.5. The van der Waals surface area contributed by atoms with Gasteiger partial charge in [0.05, 0.1) is 30.4 Å². The van der Waals surface area contributed by atoms with Crippen molar-refractivity contribution in [2.45, 2.75) is 63.8 Å². The Morgan fingerprint density at radius 2 is 1.64 bits per heavy atom. The summed E-state index contributed by atoms with van der Waals surface area (Å²) in [6, 6.07) is 5.86. The molecule has 2 aliphatic rings. The number of carbonyl (C=O) groups is 2. The van der Waals surface area contributed by atoms with Crippen molar-refractivity contribution in [3.8, 4) is 0 Å². The summed E-state index contributed by atoms with van der Waals surface area (Å²) in [6.07, 6.45) is -11.3. The first-order chi connectivity index (χ1) is 19.6. The Kier molecular flexibility index (Phi) is 9.00. The van der Waals surface area contributed by atoms with Crippen molar-refractivity contribution in [2.24, 2.45) is 5.92 Å². The Morgan fingerprint density at radius 1 is 1.00 bits per heavy atom. The van der Waals surface area contributed by atoms with Gasteiger partial charge in [0, 0.05) is 26.7 Å². The maximum absolute atomic E-state index is 13.7. The zero-order valence-corrected chi connectivity index (χ0v) is 23.5. The van der Waals surface area contributed by atoms with Crippen LogP contribution in [0.4, 0.5) is 35.9 Å². The number of piperidine rings is 1. The van der Waals surface area contributed by atoms with Gasteiger partial charge in [-0.3, -0.25) is 4.90 Å². The monoisotopic (exact) mass is 602 g/mol. The molecule has 0 spiro atoms. The molecule has 7 nitrogen and oxygen atoms in total. The average Bonchev–Trinajstić information content (AvgIpc) is 3.21. The lowest BCUT2D eigenvalue weighted by Gasteiger charge is -2.36. The lowest BCUT2D eigenvalue weighted by molar-refractivity contribution is -0.138. The number of alkyl halides is 6. The van der Waals surface area contributed by atoms with Crippen LogP contribution in [0.25, 0.3) is 0 Å². The molecule has 1 unspecified atom stereocenters. The number of hydrogen-bond acceptors (Lipinski definition) is 5. The maximum Gasteiger partial charge on any atom is 0.416 e. The van der Waals surface area contributed by atoms with Crippen molar-refractivity contribution < 1.29 is 50.1 Å². The van der Waals surface area contributed by atoms with E-state index in [0.717, 1.165) is 24.3 Å². The number of benzene rings is 2. The molecule has 230 valence electrons. The van der Waals surface area contributed by atoms with Gasteiger partial charge in [-0.15, -0.1) is 0 Å². The second-order valence-corrected chi connectivity index (χ2v) is 10.7. The number of halogens is 6. The number of ether oxygens (including phenoxy) is 3. The highest BCUT2D eigenvalue weighted by Gasteiger charge is 2.42. The van der Waals surface area contributed by atoms with Gasteiger partial charge in [0.1, 0.15) is 6.10 Å². The summed E-state index contributed by atoms with van der Waals surface area (Å²) < 4.78 is 97.6.